The molecular weight excluding hydrogens is 366 g/mol. The number of likely N-dealkylation sites (tertiary alicyclic amines) is 1. The number of rotatable bonds is 7. The van der Waals surface area contributed by atoms with Gasteiger partial charge in [-0.15, -0.1) is 0 Å². The third-order valence-corrected chi connectivity index (χ3v) is 6.40. The molecule has 29 heavy (non-hydrogen) atoms. The molecular formula is C22H37N5O2. The first-order valence-corrected chi connectivity index (χ1v) is 11.1. The Labute approximate surface area is 174 Å². The summed E-state index contributed by atoms with van der Waals surface area (Å²) in [6.07, 6.45) is 2.38. The predicted molar refractivity (Wildman–Crippen MR) is 115 cm³/mol. The Hall–Kier alpha value is -1.86. The van der Waals surface area contributed by atoms with E-state index < -0.39 is 0 Å². The van der Waals surface area contributed by atoms with Gasteiger partial charge < -0.3 is 20.1 Å². The van der Waals surface area contributed by atoms with Crippen LogP contribution in [0.1, 0.15) is 47.9 Å². The minimum absolute atomic E-state index is 0.0849. The zero-order valence-corrected chi connectivity index (χ0v) is 18.3. The number of aromatic amines is 1. The molecule has 162 valence electrons. The Bertz CT molecular complexity index is 685. The van der Waals surface area contributed by atoms with Crippen molar-refractivity contribution in [1.82, 2.24) is 25.0 Å². The lowest BCUT2D eigenvalue weighted by Crippen LogP contribution is -2.48. The smallest absolute Gasteiger partial charge is 0.270 e. The molecule has 0 bridgehead atoms. The van der Waals surface area contributed by atoms with Crippen LogP contribution >= 0.6 is 0 Å². The lowest BCUT2D eigenvalue weighted by atomic mass is 9.93. The van der Waals surface area contributed by atoms with E-state index in [1.165, 1.54) is 0 Å². The first kappa shape index (κ1) is 21.8. The zero-order chi connectivity index (χ0) is 20.8. The van der Waals surface area contributed by atoms with Gasteiger partial charge >= 0.3 is 0 Å². The molecule has 7 heteroatoms. The van der Waals surface area contributed by atoms with E-state index in [0.29, 0.717) is 18.0 Å². The van der Waals surface area contributed by atoms with Crippen molar-refractivity contribution < 1.29 is 9.59 Å². The van der Waals surface area contributed by atoms with Crippen LogP contribution in [0.25, 0.3) is 0 Å². The Morgan fingerprint density at radius 3 is 2.31 bits per heavy atom. The Kier molecular flexibility index (Phi) is 7.72. The molecule has 1 aromatic heterocycles. The second-order valence-electron chi connectivity index (χ2n) is 8.58. The van der Waals surface area contributed by atoms with Gasteiger partial charge in [0, 0.05) is 64.5 Å². The molecule has 0 spiro atoms. The van der Waals surface area contributed by atoms with E-state index in [4.69, 9.17) is 0 Å². The fourth-order valence-corrected chi connectivity index (χ4v) is 4.47. The molecule has 2 N–H and O–H groups in total. The van der Waals surface area contributed by atoms with Gasteiger partial charge in [-0.05, 0) is 50.8 Å². The van der Waals surface area contributed by atoms with Crippen molar-refractivity contribution in [2.45, 2.75) is 40.0 Å². The fourth-order valence-electron chi connectivity index (χ4n) is 4.47. The highest BCUT2D eigenvalue weighted by Gasteiger charge is 2.26. The first-order valence-electron chi connectivity index (χ1n) is 11.1. The highest BCUT2D eigenvalue weighted by atomic mass is 16.2. The number of piperazine rings is 1. The van der Waals surface area contributed by atoms with Crippen molar-refractivity contribution in [3.63, 3.8) is 0 Å². The first-order chi connectivity index (χ1) is 14.0. The van der Waals surface area contributed by atoms with Gasteiger partial charge in [0.05, 0.1) is 0 Å². The highest BCUT2D eigenvalue weighted by Crippen LogP contribution is 2.22. The minimum atomic E-state index is 0.0849. The zero-order valence-electron chi connectivity index (χ0n) is 18.3. The van der Waals surface area contributed by atoms with Crippen molar-refractivity contribution in [3.8, 4) is 0 Å². The van der Waals surface area contributed by atoms with E-state index in [0.717, 1.165) is 83.0 Å². The van der Waals surface area contributed by atoms with Crippen molar-refractivity contribution in [1.29, 1.82) is 0 Å². The molecule has 2 amide bonds. The molecule has 7 nitrogen and oxygen atoms in total. The molecule has 0 radical (unpaired) electrons. The lowest BCUT2D eigenvalue weighted by Gasteiger charge is -2.34. The van der Waals surface area contributed by atoms with Crippen LogP contribution in [-0.2, 0) is 4.79 Å². The maximum atomic E-state index is 12.7. The molecule has 0 aliphatic carbocycles. The monoisotopic (exact) mass is 403 g/mol. The summed E-state index contributed by atoms with van der Waals surface area (Å²) in [5.41, 5.74) is 2.73. The summed E-state index contributed by atoms with van der Waals surface area (Å²) in [5, 5.41) is 3.09. The Morgan fingerprint density at radius 2 is 1.72 bits per heavy atom. The topological polar surface area (TPSA) is 71.7 Å². The number of nitrogens with one attached hydrogen (secondary N) is 2. The molecule has 2 saturated heterocycles. The van der Waals surface area contributed by atoms with E-state index in [9.17, 15) is 9.59 Å². The number of carbonyl (C=O) groups excluding carboxylic acids is 2. The largest absolute Gasteiger partial charge is 0.355 e. The van der Waals surface area contributed by atoms with E-state index in [1.807, 2.05) is 24.8 Å². The third-order valence-electron chi connectivity index (χ3n) is 6.40. The highest BCUT2D eigenvalue weighted by molar-refractivity contribution is 5.94. The van der Waals surface area contributed by atoms with Gasteiger partial charge in [-0.1, -0.05) is 6.92 Å². The quantitative estimate of drug-likeness (QED) is 0.726. The Morgan fingerprint density at radius 1 is 1.07 bits per heavy atom. The van der Waals surface area contributed by atoms with Crippen molar-refractivity contribution >= 4 is 11.8 Å². The summed E-state index contributed by atoms with van der Waals surface area (Å²) < 4.78 is 0. The molecule has 0 saturated carbocycles. The van der Waals surface area contributed by atoms with E-state index in [-0.39, 0.29) is 11.8 Å². The average Bonchev–Trinajstić information content (AvgIpc) is 3.06. The third kappa shape index (κ3) is 6.06. The average molecular weight is 404 g/mol. The summed E-state index contributed by atoms with van der Waals surface area (Å²) in [6.45, 7) is 14.8. The summed E-state index contributed by atoms with van der Waals surface area (Å²) in [4.78, 5) is 35.0. The van der Waals surface area contributed by atoms with Crippen LogP contribution in [0.15, 0.2) is 6.07 Å². The number of hydrogen-bond acceptors (Lipinski definition) is 4. The molecule has 2 aliphatic heterocycles. The standard InChI is InChI=1S/C22H37N5O2/c1-4-25-11-13-26(14-12-25)10-7-23-20(28)16-19-5-8-27(9-6-19)22(29)21-17(2)15-18(3)24-21/h15,19,24H,4-14,16H2,1-3H3,(H,23,28). The molecule has 3 heterocycles. The van der Waals surface area contributed by atoms with Gasteiger partial charge in [0.25, 0.3) is 5.91 Å². The van der Waals surface area contributed by atoms with E-state index in [2.05, 4.69) is 27.0 Å². The molecule has 2 fully saturated rings. The molecule has 0 aromatic carbocycles. The van der Waals surface area contributed by atoms with Gasteiger partial charge in [0.2, 0.25) is 5.91 Å². The van der Waals surface area contributed by atoms with Crippen LogP contribution in [0.5, 0.6) is 0 Å². The minimum Gasteiger partial charge on any atom is -0.355 e. The number of hydrogen-bond donors (Lipinski definition) is 2. The number of likely N-dealkylation sites (N-methyl/N-ethyl adjacent to an activating group) is 1. The number of amides is 2. The molecule has 0 unspecified atom stereocenters. The molecule has 1 aromatic rings. The molecule has 2 aliphatic rings. The van der Waals surface area contributed by atoms with Gasteiger partial charge in [-0.3, -0.25) is 14.5 Å². The maximum absolute atomic E-state index is 12.7. The SMILES string of the molecule is CCN1CCN(CCNC(=O)CC2CCN(C(=O)c3[nH]c(C)cc3C)CC2)CC1. The van der Waals surface area contributed by atoms with Crippen molar-refractivity contribution in [3.05, 3.63) is 23.0 Å². The van der Waals surface area contributed by atoms with Gasteiger partial charge in [0.15, 0.2) is 0 Å². The number of aryl methyl sites for hydroxylation is 2. The number of H-pyrrole nitrogens is 1. The normalized spacial score (nSPS) is 19.5. The molecule has 3 rings (SSSR count). The summed E-state index contributed by atoms with van der Waals surface area (Å²) in [6, 6.07) is 2.01. The van der Waals surface area contributed by atoms with E-state index >= 15 is 0 Å². The number of carbonyl (C=O) groups is 2. The van der Waals surface area contributed by atoms with Crippen LogP contribution in [0.3, 0.4) is 0 Å². The molecule has 0 atom stereocenters. The van der Waals surface area contributed by atoms with Gasteiger partial charge in [0.1, 0.15) is 5.69 Å². The second-order valence-corrected chi connectivity index (χ2v) is 8.58. The predicted octanol–water partition coefficient (Wildman–Crippen LogP) is 1.63. The fraction of sp³-hybridized carbons (Fsp3) is 0.727. The van der Waals surface area contributed by atoms with Crippen LogP contribution in [0.2, 0.25) is 0 Å². The summed E-state index contributed by atoms with van der Waals surface area (Å²) in [7, 11) is 0. The second kappa shape index (κ2) is 10.3. The van der Waals surface area contributed by atoms with Crippen LogP contribution in [0.4, 0.5) is 0 Å². The van der Waals surface area contributed by atoms with Crippen LogP contribution < -0.4 is 5.32 Å². The summed E-state index contributed by atoms with van der Waals surface area (Å²) in [5.74, 6) is 0.609. The van der Waals surface area contributed by atoms with Gasteiger partial charge in [-0.25, -0.2) is 0 Å². The Balaban J connectivity index is 1.32. The van der Waals surface area contributed by atoms with Crippen LogP contribution in [0, 0.1) is 19.8 Å². The number of piperidine rings is 1. The van der Waals surface area contributed by atoms with Crippen molar-refractivity contribution in [2.24, 2.45) is 5.92 Å². The van der Waals surface area contributed by atoms with Gasteiger partial charge in [-0.2, -0.15) is 0 Å². The van der Waals surface area contributed by atoms with Crippen molar-refractivity contribution in [2.75, 3.05) is 58.9 Å². The lowest BCUT2D eigenvalue weighted by molar-refractivity contribution is -0.122. The summed E-state index contributed by atoms with van der Waals surface area (Å²) >= 11 is 0. The number of aromatic nitrogens is 1. The number of nitrogens with zero attached hydrogens (tertiary/aromatic N) is 3. The maximum Gasteiger partial charge on any atom is 0.270 e. The van der Waals surface area contributed by atoms with E-state index in [1.54, 1.807) is 0 Å². The van der Waals surface area contributed by atoms with Crippen LogP contribution in [-0.4, -0.2) is 90.4 Å².